The van der Waals surface area contributed by atoms with Gasteiger partial charge in [-0.15, -0.1) is 0 Å². The molecule has 7 nitrogen and oxygen atoms in total. The molecule has 0 radical (unpaired) electrons. The van der Waals surface area contributed by atoms with Crippen molar-refractivity contribution in [3.8, 4) is 0 Å². The summed E-state index contributed by atoms with van der Waals surface area (Å²) in [6, 6.07) is 3.75. The van der Waals surface area contributed by atoms with E-state index >= 15 is 0 Å². The topological polar surface area (TPSA) is 71.1 Å². The zero-order valence-electron chi connectivity index (χ0n) is 17.9. The van der Waals surface area contributed by atoms with Crippen molar-refractivity contribution in [2.45, 2.75) is 43.9 Å². The molecule has 2 unspecified atom stereocenters. The van der Waals surface area contributed by atoms with E-state index in [-0.39, 0.29) is 56.7 Å². The summed E-state index contributed by atoms with van der Waals surface area (Å²) in [6.45, 7) is 6.59. The molecule has 4 rings (SSSR count). The third-order valence-corrected chi connectivity index (χ3v) is 6.32. The normalized spacial score (nSPS) is 32.2. The van der Waals surface area contributed by atoms with Crippen LogP contribution in [0.15, 0.2) is 18.2 Å². The van der Waals surface area contributed by atoms with Crippen LogP contribution in [0.5, 0.6) is 0 Å². The third-order valence-electron chi connectivity index (χ3n) is 6.32. The lowest BCUT2D eigenvalue weighted by atomic mass is 9.82. The number of halogens is 2. The summed E-state index contributed by atoms with van der Waals surface area (Å²) in [5, 5.41) is 3.03. The fraction of sp³-hybridized carbons (Fsp3) is 0.636. The summed E-state index contributed by atoms with van der Waals surface area (Å²) in [5.74, 6) is -2.52. The second kappa shape index (κ2) is 8.80. The van der Waals surface area contributed by atoms with Crippen LogP contribution in [-0.2, 0) is 19.1 Å². The van der Waals surface area contributed by atoms with E-state index in [2.05, 4.69) is 10.2 Å². The number of nitrogens with one attached hydrogen (secondary N) is 1. The average molecular weight is 437 g/mol. The number of likely N-dealkylation sites (tertiary alicyclic amines) is 1. The van der Waals surface area contributed by atoms with E-state index in [1.54, 1.807) is 4.90 Å². The van der Waals surface area contributed by atoms with Crippen molar-refractivity contribution in [2.24, 2.45) is 0 Å². The largest absolute Gasteiger partial charge is 0.378 e. The van der Waals surface area contributed by atoms with Gasteiger partial charge in [0.1, 0.15) is 0 Å². The Morgan fingerprint density at radius 3 is 2.65 bits per heavy atom. The lowest BCUT2D eigenvalue weighted by Crippen LogP contribution is -2.56. The lowest BCUT2D eigenvalue weighted by Gasteiger charge is -2.36. The lowest BCUT2D eigenvalue weighted by molar-refractivity contribution is -0.135. The van der Waals surface area contributed by atoms with Gasteiger partial charge in [-0.25, -0.2) is 8.78 Å². The van der Waals surface area contributed by atoms with Crippen LogP contribution >= 0.6 is 0 Å². The van der Waals surface area contributed by atoms with Gasteiger partial charge in [-0.05, 0) is 31.5 Å². The van der Waals surface area contributed by atoms with Crippen molar-refractivity contribution in [3.63, 3.8) is 0 Å². The molecule has 2 amide bonds. The van der Waals surface area contributed by atoms with Gasteiger partial charge >= 0.3 is 0 Å². The summed E-state index contributed by atoms with van der Waals surface area (Å²) in [6.07, 6.45) is 0.320. The first kappa shape index (κ1) is 22.1. The minimum absolute atomic E-state index is 0.0472. The highest BCUT2D eigenvalue weighted by Gasteiger charge is 2.51. The van der Waals surface area contributed by atoms with Crippen LogP contribution in [0, 0.1) is 11.6 Å². The van der Waals surface area contributed by atoms with Crippen LogP contribution in [0.25, 0.3) is 0 Å². The molecule has 1 aromatic carbocycles. The first-order chi connectivity index (χ1) is 14.8. The molecule has 3 heterocycles. The molecule has 0 bridgehead atoms. The van der Waals surface area contributed by atoms with Gasteiger partial charge in [0.15, 0.2) is 11.6 Å². The van der Waals surface area contributed by atoms with Crippen LogP contribution in [0.3, 0.4) is 0 Å². The quantitative estimate of drug-likeness (QED) is 0.772. The summed E-state index contributed by atoms with van der Waals surface area (Å²) >= 11 is 0. The minimum atomic E-state index is -0.949. The van der Waals surface area contributed by atoms with Crippen molar-refractivity contribution < 1.29 is 27.8 Å². The zero-order chi connectivity index (χ0) is 22.2. The Hall–Kier alpha value is -2.10. The molecule has 1 spiro atoms. The van der Waals surface area contributed by atoms with Crippen molar-refractivity contribution in [3.05, 3.63) is 35.4 Å². The van der Waals surface area contributed by atoms with Crippen LogP contribution < -0.4 is 5.32 Å². The van der Waals surface area contributed by atoms with E-state index in [9.17, 15) is 18.4 Å². The number of amides is 2. The Balaban J connectivity index is 1.57. The van der Waals surface area contributed by atoms with Crippen LogP contribution in [0.2, 0.25) is 0 Å². The molecule has 31 heavy (non-hydrogen) atoms. The van der Waals surface area contributed by atoms with Crippen molar-refractivity contribution >= 4 is 11.8 Å². The molecule has 3 saturated heterocycles. The van der Waals surface area contributed by atoms with Gasteiger partial charge in [0.05, 0.1) is 37.5 Å². The SMILES string of the molecule is CC1CN(CC(=O)N2C[C@@H](c3ccc(F)c(F)c3)[C@@]3(COCCC(=O)N3)C2)CC(C)O1. The van der Waals surface area contributed by atoms with Gasteiger partial charge in [0.2, 0.25) is 11.8 Å². The molecule has 4 atom stereocenters. The molecule has 0 aromatic heterocycles. The van der Waals surface area contributed by atoms with E-state index in [0.29, 0.717) is 25.2 Å². The predicted octanol–water partition coefficient (Wildman–Crippen LogP) is 1.28. The van der Waals surface area contributed by atoms with Gasteiger partial charge in [-0.1, -0.05) is 6.07 Å². The average Bonchev–Trinajstić information content (AvgIpc) is 2.95. The molecule has 1 aromatic rings. The van der Waals surface area contributed by atoms with Crippen molar-refractivity contribution in [1.29, 1.82) is 0 Å². The first-order valence-corrected chi connectivity index (χ1v) is 10.7. The van der Waals surface area contributed by atoms with Gasteiger partial charge in [-0.3, -0.25) is 14.5 Å². The number of hydrogen-bond acceptors (Lipinski definition) is 5. The van der Waals surface area contributed by atoms with Crippen molar-refractivity contribution in [2.75, 3.05) is 45.9 Å². The number of carbonyl (C=O) groups is 2. The molecule has 3 aliphatic heterocycles. The number of ether oxygens (including phenoxy) is 2. The van der Waals surface area contributed by atoms with Gasteiger partial charge in [-0.2, -0.15) is 0 Å². The molecular formula is C22H29F2N3O4. The van der Waals surface area contributed by atoms with Crippen LogP contribution in [-0.4, -0.2) is 85.3 Å². The zero-order valence-corrected chi connectivity index (χ0v) is 17.9. The smallest absolute Gasteiger partial charge is 0.236 e. The maximum Gasteiger partial charge on any atom is 0.236 e. The van der Waals surface area contributed by atoms with E-state index in [4.69, 9.17) is 9.47 Å². The standard InChI is InChI=1S/C22H29F2N3O4/c1-14-8-26(9-15(2)31-14)11-21(29)27-10-17(16-3-4-18(23)19(24)7-16)22(12-27)13-30-6-5-20(28)25-22/h3-4,7,14-15,17H,5-6,8-13H2,1-2H3,(H,25,28)/t14?,15?,17-,22-/m0/s1. The monoisotopic (exact) mass is 437 g/mol. The molecule has 170 valence electrons. The second-order valence-corrected chi connectivity index (χ2v) is 8.96. The Kier molecular flexibility index (Phi) is 6.27. The second-order valence-electron chi connectivity index (χ2n) is 8.96. The van der Waals surface area contributed by atoms with Crippen LogP contribution in [0.4, 0.5) is 8.78 Å². The molecular weight excluding hydrogens is 408 g/mol. The Morgan fingerprint density at radius 2 is 1.94 bits per heavy atom. The molecule has 0 saturated carbocycles. The van der Waals surface area contributed by atoms with E-state index in [0.717, 1.165) is 12.1 Å². The van der Waals surface area contributed by atoms with Gasteiger partial charge in [0, 0.05) is 38.5 Å². The number of benzene rings is 1. The molecule has 3 aliphatic rings. The van der Waals surface area contributed by atoms with E-state index < -0.39 is 23.1 Å². The Labute approximate surface area is 180 Å². The molecule has 9 heteroatoms. The fourth-order valence-electron chi connectivity index (χ4n) is 5.03. The maximum absolute atomic E-state index is 14.0. The summed E-state index contributed by atoms with van der Waals surface area (Å²) in [7, 11) is 0. The number of morpholine rings is 1. The van der Waals surface area contributed by atoms with E-state index in [1.807, 2.05) is 13.8 Å². The number of hydrogen-bond donors (Lipinski definition) is 1. The minimum Gasteiger partial charge on any atom is -0.378 e. The third kappa shape index (κ3) is 4.73. The molecule has 3 fully saturated rings. The molecule has 1 N–H and O–H groups in total. The predicted molar refractivity (Wildman–Crippen MR) is 108 cm³/mol. The number of nitrogens with zero attached hydrogens (tertiary/aromatic N) is 2. The Morgan fingerprint density at radius 1 is 1.19 bits per heavy atom. The highest BCUT2D eigenvalue weighted by Crippen LogP contribution is 2.38. The summed E-state index contributed by atoms with van der Waals surface area (Å²) in [5.41, 5.74) is -0.340. The van der Waals surface area contributed by atoms with Crippen molar-refractivity contribution in [1.82, 2.24) is 15.1 Å². The highest BCUT2D eigenvalue weighted by molar-refractivity contribution is 5.81. The summed E-state index contributed by atoms with van der Waals surface area (Å²) < 4.78 is 39.0. The highest BCUT2D eigenvalue weighted by atomic mass is 19.2. The Bertz CT molecular complexity index is 844. The maximum atomic E-state index is 14.0. The summed E-state index contributed by atoms with van der Waals surface area (Å²) in [4.78, 5) is 29.3. The van der Waals surface area contributed by atoms with Crippen LogP contribution in [0.1, 0.15) is 31.7 Å². The fourth-order valence-corrected chi connectivity index (χ4v) is 5.03. The molecule has 0 aliphatic carbocycles. The van der Waals surface area contributed by atoms with Gasteiger partial charge < -0.3 is 19.7 Å². The van der Waals surface area contributed by atoms with E-state index in [1.165, 1.54) is 6.07 Å². The number of carbonyl (C=O) groups excluding carboxylic acids is 2. The first-order valence-electron chi connectivity index (χ1n) is 10.7. The number of rotatable bonds is 3. The van der Waals surface area contributed by atoms with Gasteiger partial charge in [0.25, 0.3) is 0 Å².